The molecule has 0 aliphatic carbocycles. The van der Waals surface area contributed by atoms with E-state index in [-0.39, 0.29) is 0 Å². The molecule has 0 spiro atoms. The van der Waals surface area contributed by atoms with Crippen LogP contribution in [-0.4, -0.2) is 10.1 Å². The van der Waals surface area contributed by atoms with Gasteiger partial charge in [-0.15, -0.1) is 11.3 Å². The van der Waals surface area contributed by atoms with Crippen LogP contribution < -0.4 is 0 Å². The molecule has 0 saturated carbocycles. The zero-order valence-corrected chi connectivity index (χ0v) is 11.3. The predicted molar refractivity (Wildman–Crippen MR) is 79.3 cm³/mol. The van der Waals surface area contributed by atoms with Crippen molar-refractivity contribution in [2.75, 3.05) is 0 Å². The Balaban J connectivity index is 1.77. The van der Waals surface area contributed by atoms with E-state index in [0.717, 1.165) is 18.4 Å². The number of hydrogen-bond donors (Lipinski definition) is 1. The summed E-state index contributed by atoms with van der Waals surface area (Å²) in [7, 11) is 0. The largest absolute Gasteiger partial charge is 0.388 e. The molecule has 0 aliphatic rings. The number of aliphatic hydroxyl groups is 1. The molecule has 0 amide bonds. The van der Waals surface area contributed by atoms with E-state index >= 15 is 0 Å². The molecule has 3 heteroatoms. The third kappa shape index (κ3) is 2.67. The van der Waals surface area contributed by atoms with Crippen LogP contribution in [0.25, 0.3) is 10.1 Å². The molecular formula is C16H15NOS. The summed E-state index contributed by atoms with van der Waals surface area (Å²) in [4.78, 5) is 4.10. The van der Waals surface area contributed by atoms with Crippen LogP contribution in [-0.2, 0) is 6.42 Å². The zero-order chi connectivity index (χ0) is 13.1. The van der Waals surface area contributed by atoms with Crippen LogP contribution >= 0.6 is 11.3 Å². The van der Waals surface area contributed by atoms with Crippen molar-refractivity contribution in [3.05, 3.63) is 65.3 Å². The summed E-state index contributed by atoms with van der Waals surface area (Å²) in [6, 6.07) is 12.2. The summed E-state index contributed by atoms with van der Waals surface area (Å²) in [5.41, 5.74) is 2.20. The molecule has 0 bridgehead atoms. The minimum atomic E-state index is -0.414. The topological polar surface area (TPSA) is 33.1 Å². The second-order valence-corrected chi connectivity index (χ2v) is 5.52. The molecule has 2 aromatic heterocycles. The van der Waals surface area contributed by atoms with Gasteiger partial charge in [0, 0.05) is 17.1 Å². The Kier molecular flexibility index (Phi) is 3.58. The fourth-order valence-electron chi connectivity index (χ4n) is 2.28. The number of benzene rings is 1. The number of rotatable bonds is 4. The van der Waals surface area contributed by atoms with Crippen LogP contribution in [0.1, 0.15) is 23.7 Å². The van der Waals surface area contributed by atoms with Crippen LogP contribution in [0.5, 0.6) is 0 Å². The molecule has 1 aromatic carbocycles. The quantitative estimate of drug-likeness (QED) is 0.777. The summed E-state index contributed by atoms with van der Waals surface area (Å²) < 4.78 is 1.20. The fraction of sp³-hybridized carbons (Fsp3) is 0.188. The smallest absolute Gasteiger partial charge is 0.0807 e. The first-order chi connectivity index (χ1) is 9.34. The van der Waals surface area contributed by atoms with Crippen LogP contribution in [0.4, 0.5) is 0 Å². The van der Waals surface area contributed by atoms with E-state index in [0.29, 0.717) is 0 Å². The van der Waals surface area contributed by atoms with Crippen molar-refractivity contribution in [2.45, 2.75) is 18.9 Å². The Hall–Kier alpha value is -1.71. The number of aryl methyl sites for hydroxylation is 1. The molecule has 1 N–H and O–H groups in total. The van der Waals surface area contributed by atoms with Gasteiger partial charge in [-0.05, 0) is 46.9 Å². The van der Waals surface area contributed by atoms with E-state index in [1.165, 1.54) is 15.6 Å². The lowest BCUT2D eigenvalue weighted by Crippen LogP contribution is -2.00. The summed E-state index contributed by atoms with van der Waals surface area (Å²) in [5.74, 6) is 0. The fourth-order valence-corrected chi connectivity index (χ4v) is 3.25. The number of aliphatic hydroxyl groups excluding tert-OH is 1. The Bertz CT molecular complexity index is 663. The van der Waals surface area contributed by atoms with Crippen molar-refractivity contribution in [1.82, 2.24) is 4.98 Å². The Morgan fingerprint density at radius 1 is 1.16 bits per heavy atom. The summed E-state index contributed by atoms with van der Waals surface area (Å²) >= 11 is 1.69. The monoisotopic (exact) mass is 269 g/mol. The van der Waals surface area contributed by atoms with Gasteiger partial charge in [-0.25, -0.2) is 0 Å². The van der Waals surface area contributed by atoms with Gasteiger partial charge < -0.3 is 5.11 Å². The third-order valence-electron chi connectivity index (χ3n) is 3.30. The van der Waals surface area contributed by atoms with E-state index in [2.05, 4.69) is 22.5 Å². The molecule has 1 unspecified atom stereocenters. The van der Waals surface area contributed by atoms with Crippen molar-refractivity contribution in [1.29, 1.82) is 0 Å². The third-order valence-corrected chi connectivity index (χ3v) is 4.28. The van der Waals surface area contributed by atoms with Gasteiger partial charge in [0.2, 0.25) is 0 Å². The highest BCUT2D eigenvalue weighted by atomic mass is 32.1. The Morgan fingerprint density at radius 3 is 2.95 bits per heavy atom. The molecule has 0 radical (unpaired) electrons. The SMILES string of the molecule is OC(CCc1cccnc1)c1cccc2ccsc12. The Labute approximate surface area is 116 Å². The number of thiophene rings is 1. The number of aromatic nitrogens is 1. The van der Waals surface area contributed by atoms with Crippen LogP contribution in [0.3, 0.4) is 0 Å². The minimum absolute atomic E-state index is 0.414. The molecule has 19 heavy (non-hydrogen) atoms. The molecular weight excluding hydrogens is 254 g/mol. The first-order valence-electron chi connectivity index (χ1n) is 6.37. The van der Waals surface area contributed by atoms with Gasteiger partial charge in [0.1, 0.15) is 0 Å². The molecule has 96 valence electrons. The average molecular weight is 269 g/mol. The first kappa shape index (κ1) is 12.3. The van der Waals surface area contributed by atoms with Crippen LogP contribution in [0.2, 0.25) is 0 Å². The standard InChI is InChI=1S/C16H15NOS/c18-15(7-6-12-3-2-9-17-11-12)14-5-1-4-13-8-10-19-16(13)14/h1-5,8-11,15,18H,6-7H2. The summed E-state index contributed by atoms with van der Waals surface area (Å²) in [6.45, 7) is 0. The van der Waals surface area contributed by atoms with E-state index < -0.39 is 6.10 Å². The molecule has 0 saturated heterocycles. The van der Waals surface area contributed by atoms with E-state index in [4.69, 9.17) is 0 Å². The second kappa shape index (κ2) is 5.51. The van der Waals surface area contributed by atoms with Gasteiger partial charge in [-0.2, -0.15) is 0 Å². The molecule has 3 aromatic rings. The van der Waals surface area contributed by atoms with E-state index in [9.17, 15) is 5.11 Å². The van der Waals surface area contributed by atoms with Gasteiger partial charge >= 0.3 is 0 Å². The second-order valence-electron chi connectivity index (χ2n) is 4.60. The lowest BCUT2D eigenvalue weighted by molar-refractivity contribution is 0.169. The van der Waals surface area contributed by atoms with Crippen LogP contribution in [0, 0.1) is 0 Å². The highest BCUT2D eigenvalue weighted by Crippen LogP contribution is 2.30. The van der Waals surface area contributed by atoms with Gasteiger partial charge in [0.15, 0.2) is 0 Å². The average Bonchev–Trinajstić information content (AvgIpc) is 2.94. The van der Waals surface area contributed by atoms with Crippen molar-refractivity contribution in [3.63, 3.8) is 0 Å². The highest BCUT2D eigenvalue weighted by molar-refractivity contribution is 7.17. The number of nitrogens with zero attached hydrogens (tertiary/aromatic N) is 1. The maximum Gasteiger partial charge on any atom is 0.0807 e. The van der Waals surface area contributed by atoms with Crippen molar-refractivity contribution < 1.29 is 5.11 Å². The normalized spacial score (nSPS) is 12.7. The number of pyridine rings is 1. The molecule has 2 heterocycles. The first-order valence-corrected chi connectivity index (χ1v) is 7.25. The summed E-state index contributed by atoms with van der Waals surface area (Å²) in [5, 5.41) is 13.7. The van der Waals surface area contributed by atoms with Crippen molar-refractivity contribution in [3.8, 4) is 0 Å². The minimum Gasteiger partial charge on any atom is -0.388 e. The lowest BCUT2D eigenvalue weighted by atomic mass is 10.0. The van der Waals surface area contributed by atoms with Crippen molar-refractivity contribution in [2.24, 2.45) is 0 Å². The molecule has 3 rings (SSSR count). The van der Waals surface area contributed by atoms with Gasteiger partial charge in [0.05, 0.1) is 6.10 Å². The van der Waals surface area contributed by atoms with Gasteiger partial charge in [-0.3, -0.25) is 4.98 Å². The number of hydrogen-bond acceptors (Lipinski definition) is 3. The molecule has 1 atom stereocenters. The summed E-state index contributed by atoms with van der Waals surface area (Å²) in [6.07, 6.45) is 4.78. The highest BCUT2D eigenvalue weighted by Gasteiger charge is 2.12. The van der Waals surface area contributed by atoms with Crippen molar-refractivity contribution >= 4 is 21.4 Å². The zero-order valence-electron chi connectivity index (χ0n) is 10.5. The predicted octanol–water partition coefficient (Wildman–Crippen LogP) is 3.96. The van der Waals surface area contributed by atoms with Gasteiger partial charge in [0.25, 0.3) is 0 Å². The molecule has 0 aliphatic heterocycles. The Morgan fingerprint density at radius 2 is 2.11 bits per heavy atom. The van der Waals surface area contributed by atoms with E-state index in [1.54, 1.807) is 17.5 Å². The maximum atomic E-state index is 10.4. The van der Waals surface area contributed by atoms with Gasteiger partial charge in [-0.1, -0.05) is 24.3 Å². The number of fused-ring (bicyclic) bond motifs is 1. The molecule has 0 fully saturated rings. The van der Waals surface area contributed by atoms with E-state index in [1.807, 2.05) is 30.5 Å². The maximum absolute atomic E-state index is 10.4. The molecule has 2 nitrogen and oxygen atoms in total. The van der Waals surface area contributed by atoms with Crippen LogP contribution in [0.15, 0.2) is 54.2 Å². The lowest BCUT2D eigenvalue weighted by Gasteiger charge is -2.12.